The molecule has 0 bridgehead atoms. The van der Waals surface area contributed by atoms with Crippen molar-refractivity contribution in [3.8, 4) is 0 Å². The van der Waals surface area contributed by atoms with E-state index < -0.39 is 0 Å². The maximum atomic E-state index is 5.94. The van der Waals surface area contributed by atoms with Crippen LogP contribution in [0.1, 0.15) is 30.7 Å². The number of nitrogens with two attached hydrogens (primary N) is 1. The molecular formula is C16H28N4S. The Hall–Kier alpha value is -1.20. The summed E-state index contributed by atoms with van der Waals surface area (Å²) >= 11 is 5.25. The van der Waals surface area contributed by atoms with Gasteiger partial charge in [-0.15, -0.1) is 0 Å². The molecule has 0 spiro atoms. The van der Waals surface area contributed by atoms with Gasteiger partial charge in [0, 0.05) is 25.3 Å². The van der Waals surface area contributed by atoms with Crippen LogP contribution < -0.4 is 10.6 Å². The highest BCUT2D eigenvalue weighted by Gasteiger charge is 2.18. The van der Waals surface area contributed by atoms with Gasteiger partial charge in [-0.3, -0.25) is 0 Å². The number of hydrogen-bond acceptors (Lipinski definition) is 4. The highest BCUT2D eigenvalue weighted by Crippen LogP contribution is 2.23. The Morgan fingerprint density at radius 2 is 1.90 bits per heavy atom. The van der Waals surface area contributed by atoms with Crippen LogP contribution in [0.2, 0.25) is 0 Å². The van der Waals surface area contributed by atoms with Crippen molar-refractivity contribution in [3.05, 3.63) is 22.9 Å². The normalized spacial score (nSPS) is 11.2. The SMILES string of the molecule is Cc1cc(C)c(C(N)=S)c(N(CCN(C)C)CC(C)C)n1. The molecule has 1 aromatic heterocycles. The third-order valence-electron chi connectivity index (χ3n) is 3.27. The summed E-state index contributed by atoms with van der Waals surface area (Å²) in [5.74, 6) is 1.48. The number of pyridine rings is 1. The molecule has 4 nitrogen and oxygen atoms in total. The summed E-state index contributed by atoms with van der Waals surface area (Å²) in [6, 6.07) is 2.04. The summed E-state index contributed by atoms with van der Waals surface area (Å²) in [6.07, 6.45) is 0. The number of hydrogen-bond donors (Lipinski definition) is 1. The minimum atomic E-state index is 0.425. The zero-order chi connectivity index (χ0) is 16.2. The van der Waals surface area contributed by atoms with Gasteiger partial charge in [0.2, 0.25) is 0 Å². The number of aryl methyl sites for hydroxylation is 2. The van der Waals surface area contributed by atoms with E-state index in [1.165, 1.54) is 0 Å². The number of thiocarbonyl (C=S) groups is 1. The number of rotatable bonds is 7. The first kappa shape index (κ1) is 17.9. The summed E-state index contributed by atoms with van der Waals surface area (Å²) in [5, 5.41) is 0. The summed E-state index contributed by atoms with van der Waals surface area (Å²) in [4.78, 5) is 9.63. The summed E-state index contributed by atoms with van der Waals surface area (Å²) in [5.41, 5.74) is 8.96. The van der Waals surface area contributed by atoms with Crippen LogP contribution in [0.5, 0.6) is 0 Å². The zero-order valence-corrected chi connectivity index (χ0v) is 14.9. The molecule has 0 aliphatic carbocycles. The Morgan fingerprint density at radius 3 is 2.38 bits per heavy atom. The van der Waals surface area contributed by atoms with Gasteiger partial charge < -0.3 is 15.5 Å². The first-order valence-corrected chi connectivity index (χ1v) is 7.81. The second-order valence-electron chi connectivity index (χ2n) is 6.29. The summed E-state index contributed by atoms with van der Waals surface area (Å²) < 4.78 is 0. The van der Waals surface area contributed by atoms with Crippen LogP contribution in [0.15, 0.2) is 6.07 Å². The van der Waals surface area contributed by atoms with Crippen molar-refractivity contribution in [2.45, 2.75) is 27.7 Å². The van der Waals surface area contributed by atoms with Gasteiger partial charge >= 0.3 is 0 Å². The van der Waals surface area contributed by atoms with E-state index in [0.29, 0.717) is 10.9 Å². The lowest BCUT2D eigenvalue weighted by Gasteiger charge is -2.29. The Kier molecular flexibility index (Phi) is 6.55. The third kappa shape index (κ3) is 5.25. The van der Waals surface area contributed by atoms with Crippen LogP contribution in [0.4, 0.5) is 5.82 Å². The molecule has 0 saturated heterocycles. The highest BCUT2D eigenvalue weighted by molar-refractivity contribution is 7.80. The maximum absolute atomic E-state index is 5.94. The molecule has 0 amide bonds. The van der Waals surface area contributed by atoms with Gasteiger partial charge in [-0.2, -0.15) is 0 Å². The van der Waals surface area contributed by atoms with Crippen molar-refractivity contribution in [1.29, 1.82) is 0 Å². The van der Waals surface area contributed by atoms with Crippen molar-refractivity contribution >= 4 is 23.0 Å². The van der Waals surface area contributed by atoms with Crippen molar-refractivity contribution in [3.63, 3.8) is 0 Å². The maximum Gasteiger partial charge on any atom is 0.139 e. The zero-order valence-electron chi connectivity index (χ0n) is 14.1. The van der Waals surface area contributed by atoms with Gasteiger partial charge in [-0.25, -0.2) is 4.98 Å². The van der Waals surface area contributed by atoms with Gasteiger partial charge in [0.15, 0.2) is 0 Å². The van der Waals surface area contributed by atoms with E-state index in [1.807, 2.05) is 19.9 Å². The van der Waals surface area contributed by atoms with E-state index in [1.54, 1.807) is 0 Å². The quantitative estimate of drug-likeness (QED) is 0.784. The predicted octanol–water partition coefficient (Wildman–Crippen LogP) is 2.36. The molecule has 0 saturated carbocycles. The lowest BCUT2D eigenvalue weighted by atomic mass is 10.1. The van der Waals surface area contributed by atoms with E-state index >= 15 is 0 Å². The Balaban J connectivity index is 3.24. The molecule has 0 aliphatic heterocycles. The van der Waals surface area contributed by atoms with Gasteiger partial charge in [0.05, 0.1) is 5.56 Å². The number of likely N-dealkylation sites (N-methyl/N-ethyl adjacent to an activating group) is 1. The van der Waals surface area contributed by atoms with E-state index in [2.05, 4.69) is 37.7 Å². The number of nitrogens with zero attached hydrogens (tertiary/aromatic N) is 3. The van der Waals surface area contributed by atoms with E-state index in [9.17, 15) is 0 Å². The molecule has 0 atom stereocenters. The van der Waals surface area contributed by atoms with Crippen LogP contribution >= 0.6 is 12.2 Å². The van der Waals surface area contributed by atoms with Gasteiger partial charge in [0.1, 0.15) is 10.8 Å². The topological polar surface area (TPSA) is 45.4 Å². The van der Waals surface area contributed by atoms with Gasteiger partial charge in [0.25, 0.3) is 0 Å². The van der Waals surface area contributed by atoms with Crippen molar-refractivity contribution in [2.75, 3.05) is 38.6 Å². The molecule has 0 aliphatic rings. The van der Waals surface area contributed by atoms with Crippen molar-refractivity contribution in [1.82, 2.24) is 9.88 Å². The molecule has 2 N–H and O–H groups in total. The number of anilines is 1. The molecule has 0 unspecified atom stereocenters. The second-order valence-corrected chi connectivity index (χ2v) is 6.73. The predicted molar refractivity (Wildman–Crippen MR) is 95.2 cm³/mol. The van der Waals surface area contributed by atoms with Crippen molar-refractivity contribution < 1.29 is 0 Å². The monoisotopic (exact) mass is 308 g/mol. The first-order valence-electron chi connectivity index (χ1n) is 7.40. The third-order valence-corrected chi connectivity index (χ3v) is 3.48. The molecular weight excluding hydrogens is 280 g/mol. The average Bonchev–Trinajstić information content (AvgIpc) is 2.32. The van der Waals surface area contributed by atoms with E-state index in [-0.39, 0.29) is 0 Å². The molecule has 0 radical (unpaired) electrons. The van der Waals surface area contributed by atoms with Gasteiger partial charge in [-0.05, 0) is 45.5 Å². The molecule has 5 heteroatoms. The molecule has 0 fully saturated rings. The molecule has 1 aromatic rings. The fraction of sp³-hybridized carbons (Fsp3) is 0.625. The standard InChI is InChI=1S/C16H28N4S/c1-11(2)10-20(8-7-19(5)6)16-14(15(17)21)12(3)9-13(4)18-16/h9,11H,7-8,10H2,1-6H3,(H2,17,21). The molecule has 1 rings (SSSR count). The first-order chi connectivity index (χ1) is 9.72. The van der Waals surface area contributed by atoms with Crippen LogP contribution in [-0.4, -0.2) is 48.6 Å². The van der Waals surface area contributed by atoms with E-state index in [4.69, 9.17) is 22.9 Å². The Bertz CT molecular complexity index is 497. The minimum Gasteiger partial charge on any atom is -0.389 e. The Morgan fingerprint density at radius 1 is 1.29 bits per heavy atom. The van der Waals surface area contributed by atoms with Crippen LogP contribution in [-0.2, 0) is 0 Å². The molecule has 118 valence electrons. The lowest BCUT2D eigenvalue weighted by Crippen LogP contribution is -2.36. The minimum absolute atomic E-state index is 0.425. The van der Waals surface area contributed by atoms with Crippen LogP contribution in [0.25, 0.3) is 0 Å². The van der Waals surface area contributed by atoms with Gasteiger partial charge in [-0.1, -0.05) is 26.1 Å². The average molecular weight is 308 g/mol. The van der Waals surface area contributed by atoms with E-state index in [0.717, 1.165) is 42.3 Å². The van der Waals surface area contributed by atoms with Crippen LogP contribution in [0.3, 0.4) is 0 Å². The fourth-order valence-corrected chi connectivity index (χ4v) is 2.65. The molecule has 0 aromatic carbocycles. The highest BCUT2D eigenvalue weighted by atomic mass is 32.1. The number of aromatic nitrogens is 1. The Labute approximate surface area is 134 Å². The van der Waals surface area contributed by atoms with Crippen molar-refractivity contribution in [2.24, 2.45) is 11.7 Å². The largest absolute Gasteiger partial charge is 0.389 e. The second kappa shape index (κ2) is 7.71. The fourth-order valence-electron chi connectivity index (χ4n) is 2.40. The summed E-state index contributed by atoms with van der Waals surface area (Å²) in [7, 11) is 4.16. The molecule has 1 heterocycles. The lowest BCUT2D eigenvalue weighted by molar-refractivity contribution is 0.408. The van der Waals surface area contributed by atoms with Crippen LogP contribution in [0, 0.1) is 19.8 Å². The smallest absolute Gasteiger partial charge is 0.139 e. The molecule has 21 heavy (non-hydrogen) atoms. The summed E-state index contributed by atoms with van der Waals surface area (Å²) in [6.45, 7) is 11.3.